The highest BCUT2D eigenvalue weighted by Crippen LogP contribution is 2.09. The van der Waals surface area contributed by atoms with Crippen LogP contribution in [0.1, 0.15) is 44.0 Å². The number of carbonyl (C=O) groups is 1. The summed E-state index contributed by atoms with van der Waals surface area (Å²) in [6.07, 6.45) is 2.76. The van der Waals surface area contributed by atoms with E-state index in [0.717, 1.165) is 36.6 Å². The van der Waals surface area contributed by atoms with Gasteiger partial charge < -0.3 is 9.32 Å². The van der Waals surface area contributed by atoms with Gasteiger partial charge in [0.15, 0.2) is 0 Å². The molecule has 0 saturated carbocycles. The second-order valence-electron chi connectivity index (χ2n) is 5.97. The van der Waals surface area contributed by atoms with E-state index in [1.54, 1.807) is 16.5 Å². The largest absolute Gasteiger partial charge is 0.464 e. The van der Waals surface area contributed by atoms with Crippen molar-refractivity contribution in [1.82, 2.24) is 19.2 Å². The number of hydrogen-bond donors (Lipinski definition) is 0. The van der Waals surface area contributed by atoms with Crippen LogP contribution in [-0.4, -0.2) is 32.2 Å². The maximum Gasteiger partial charge on any atom is 0.346 e. The summed E-state index contributed by atoms with van der Waals surface area (Å²) in [6.45, 7) is 6.75. The molecule has 0 unspecified atom stereocenters. The third kappa shape index (κ3) is 4.15. The van der Waals surface area contributed by atoms with E-state index in [4.69, 9.17) is 4.42 Å². The van der Waals surface area contributed by atoms with Gasteiger partial charge in [-0.15, -0.1) is 0 Å². The number of amides is 1. The molecule has 132 valence electrons. The SMILES string of the molecule is CCCCc1nn(CC(=O)N(C)Cc2ccc(C)o2)c(=O)n1CC. The normalized spacial score (nSPS) is 11.0. The van der Waals surface area contributed by atoms with Crippen LogP contribution in [0.15, 0.2) is 21.3 Å². The second kappa shape index (κ2) is 7.99. The van der Waals surface area contributed by atoms with Crippen LogP contribution < -0.4 is 5.69 Å². The number of aromatic nitrogens is 3. The van der Waals surface area contributed by atoms with E-state index in [1.165, 1.54) is 4.68 Å². The molecule has 0 atom stereocenters. The molecule has 7 nitrogen and oxygen atoms in total. The number of hydrogen-bond acceptors (Lipinski definition) is 4. The smallest absolute Gasteiger partial charge is 0.346 e. The molecule has 24 heavy (non-hydrogen) atoms. The summed E-state index contributed by atoms with van der Waals surface area (Å²) in [7, 11) is 1.69. The van der Waals surface area contributed by atoms with Crippen molar-refractivity contribution >= 4 is 5.91 Å². The number of unbranched alkanes of at least 4 members (excludes halogenated alkanes) is 1. The summed E-state index contributed by atoms with van der Waals surface area (Å²) in [6, 6.07) is 3.71. The van der Waals surface area contributed by atoms with E-state index in [1.807, 2.05) is 26.0 Å². The van der Waals surface area contributed by atoms with Gasteiger partial charge in [0, 0.05) is 20.0 Å². The summed E-state index contributed by atoms with van der Waals surface area (Å²) >= 11 is 0. The Morgan fingerprint density at radius 3 is 2.67 bits per heavy atom. The number of furan rings is 1. The Balaban J connectivity index is 2.07. The molecule has 0 spiro atoms. The third-order valence-corrected chi connectivity index (χ3v) is 3.97. The Kier molecular flexibility index (Phi) is 6.00. The fourth-order valence-corrected chi connectivity index (χ4v) is 2.57. The summed E-state index contributed by atoms with van der Waals surface area (Å²) in [5.74, 6) is 2.11. The second-order valence-corrected chi connectivity index (χ2v) is 5.97. The molecule has 0 radical (unpaired) electrons. The van der Waals surface area contributed by atoms with Crippen molar-refractivity contribution in [2.45, 2.75) is 59.7 Å². The fourth-order valence-electron chi connectivity index (χ4n) is 2.57. The van der Waals surface area contributed by atoms with Gasteiger partial charge in [0.25, 0.3) is 0 Å². The summed E-state index contributed by atoms with van der Waals surface area (Å²) in [4.78, 5) is 26.3. The van der Waals surface area contributed by atoms with E-state index in [-0.39, 0.29) is 18.1 Å². The Bertz CT molecular complexity index is 741. The van der Waals surface area contributed by atoms with Crippen LogP contribution >= 0.6 is 0 Å². The van der Waals surface area contributed by atoms with Gasteiger partial charge >= 0.3 is 5.69 Å². The average Bonchev–Trinajstić information content (AvgIpc) is 3.08. The first-order chi connectivity index (χ1) is 11.5. The highest BCUT2D eigenvalue weighted by Gasteiger charge is 2.17. The molecule has 0 aliphatic rings. The molecule has 2 heterocycles. The van der Waals surface area contributed by atoms with Gasteiger partial charge in [-0.25, -0.2) is 9.48 Å². The van der Waals surface area contributed by atoms with Gasteiger partial charge in [-0.3, -0.25) is 9.36 Å². The lowest BCUT2D eigenvalue weighted by Gasteiger charge is -2.15. The zero-order chi connectivity index (χ0) is 17.7. The van der Waals surface area contributed by atoms with Crippen molar-refractivity contribution in [1.29, 1.82) is 0 Å². The molecular formula is C17H26N4O3. The molecule has 0 N–H and O–H groups in total. The van der Waals surface area contributed by atoms with Crippen molar-refractivity contribution in [2.24, 2.45) is 0 Å². The molecule has 0 aliphatic heterocycles. The number of rotatable bonds is 8. The quantitative estimate of drug-likeness (QED) is 0.740. The van der Waals surface area contributed by atoms with Crippen LogP contribution in [0.3, 0.4) is 0 Å². The Hall–Kier alpha value is -2.31. The van der Waals surface area contributed by atoms with Crippen LogP contribution in [-0.2, 0) is 30.8 Å². The molecule has 0 fully saturated rings. The van der Waals surface area contributed by atoms with Gasteiger partial charge in [-0.1, -0.05) is 13.3 Å². The van der Waals surface area contributed by atoms with Gasteiger partial charge in [-0.05, 0) is 32.4 Å². The predicted octanol–water partition coefficient (Wildman–Crippen LogP) is 1.97. The van der Waals surface area contributed by atoms with Crippen molar-refractivity contribution in [2.75, 3.05) is 7.05 Å². The summed E-state index contributed by atoms with van der Waals surface area (Å²) in [5, 5.41) is 4.35. The minimum atomic E-state index is -0.223. The van der Waals surface area contributed by atoms with E-state index >= 15 is 0 Å². The maximum absolute atomic E-state index is 12.4. The van der Waals surface area contributed by atoms with E-state index < -0.39 is 0 Å². The number of nitrogens with zero attached hydrogens (tertiary/aromatic N) is 4. The highest BCUT2D eigenvalue weighted by atomic mass is 16.3. The number of carbonyl (C=O) groups excluding carboxylic acids is 1. The summed E-state index contributed by atoms with van der Waals surface area (Å²) in [5.41, 5.74) is -0.223. The van der Waals surface area contributed by atoms with Gasteiger partial charge in [-0.2, -0.15) is 5.10 Å². The van der Waals surface area contributed by atoms with Crippen LogP contribution in [0.5, 0.6) is 0 Å². The molecular weight excluding hydrogens is 308 g/mol. The van der Waals surface area contributed by atoms with E-state index in [2.05, 4.69) is 12.0 Å². The molecule has 0 aliphatic carbocycles. The third-order valence-electron chi connectivity index (χ3n) is 3.97. The van der Waals surface area contributed by atoms with Crippen molar-refractivity contribution in [3.8, 4) is 0 Å². The first-order valence-corrected chi connectivity index (χ1v) is 8.42. The monoisotopic (exact) mass is 334 g/mol. The Morgan fingerprint density at radius 2 is 2.08 bits per heavy atom. The van der Waals surface area contributed by atoms with E-state index in [0.29, 0.717) is 13.1 Å². The lowest BCUT2D eigenvalue weighted by atomic mass is 10.2. The molecule has 1 amide bonds. The molecule has 0 bridgehead atoms. The van der Waals surface area contributed by atoms with Crippen molar-refractivity contribution < 1.29 is 9.21 Å². The topological polar surface area (TPSA) is 73.3 Å². The predicted molar refractivity (Wildman–Crippen MR) is 90.7 cm³/mol. The highest BCUT2D eigenvalue weighted by molar-refractivity contribution is 5.75. The molecule has 2 aromatic rings. The van der Waals surface area contributed by atoms with Crippen molar-refractivity contribution in [3.63, 3.8) is 0 Å². The zero-order valence-corrected chi connectivity index (χ0v) is 14.9. The van der Waals surface area contributed by atoms with Crippen LogP contribution in [0.4, 0.5) is 0 Å². The lowest BCUT2D eigenvalue weighted by Crippen LogP contribution is -2.34. The first kappa shape index (κ1) is 18.0. The molecule has 0 saturated heterocycles. The van der Waals surface area contributed by atoms with E-state index in [9.17, 15) is 9.59 Å². The van der Waals surface area contributed by atoms with Gasteiger partial charge in [0.2, 0.25) is 5.91 Å². The zero-order valence-electron chi connectivity index (χ0n) is 14.9. The molecule has 0 aromatic carbocycles. The molecule has 2 aromatic heterocycles. The molecule has 2 rings (SSSR count). The Morgan fingerprint density at radius 1 is 1.33 bits per heavy atom. The van der Waals surface area contributed by atoms with Crippen LogP contribution in [0, 0.1) is 6.92 Å². The van der Waals surface area contributed by atoms with Gasteiger partial charge in [0.05, 0.1) is 6.54 Å². The number of likely N-dealkylation sites (N-methyl/N-ethyl adjacent to an activating group) is 1. The lowest BCUT2D eigenvalue weighted by molar-refractivity contribution is -0.131. The van der Waals surface area contributed by atoms with Crippen molar-refractivity contribution in [3.05, 3.63) is 40.0 Å². The minimum Gasteiger partial charge on any atom is -0.464 e. The maximum atomic E-state index is 12.4. The minimum absolute atomic E-state index is 0.0544. The average molecular weight is 334 g/mol. The fraction of sp³-hybridized carbons (Fsp3) is 0.588. The standard InChI is InChI=1S/C17H26N4O3/c1-5-7-8-15-18-21(17(23)20(15)6-2)12-16(22)19(4)11-14-10-9-13(3)24-14/h9-10H,5-8,11-12H2,1-4H3. The van der Waals surface area contributed by atoms with Gasteiger partial charge in [0.1, 0.15) is 23.9 Å². The van der Waals surface area contributed by atoms with Crippen LogP contribution in [0.2, 0.25) is 0 Å². The van der Waals surface area contributed by atoms with Crippen LogP contribution in [0.25, 0.3) is 0 Å². The molecule has 7 heteroatoms. The first-order valence-electron chi connectivity index (χ1n) is 8.42. The number of aryl methyl sites for hydroxylation is 2. The Labute approximate surface area is 141 Å². The summed E-state index contributed by atoms with van der Waals surface area (Å²) < 4.78 is 8.38.